The van der Waals surface area contributed by atoms with Crippen molar-refractivity contribution in [3.8, 4) is 0 Å². The second-order valence-corrected chi connectivity index (χ2v) is 5.05. The number of nitrogens with two attached hydrogens (primary N) is 1. The predicted octanol–water partition coefficient (Wildman–Crippen LogP) is 2.75. The van der Waals surface area contributed by atoms with E-state index in [1.165, 1.54) is 11.1 Å². The van der Waals surface area contributed by atoms with Gasteiger partial charge in [-0.2, -0.15) is 0 Å². The monoisotopic (exact) mass is 284 g/mol. The minimum absolute atomic E-state index is 0. The highest BCUT2D eigenvalue weighted by Gasteiger charge is 2.22. The first kappa shape index (κ1) is 17.9. The van der Waals surface area contributed by atoms with Crippen molar-refractivity contribution >= 4 is 18.3 Å². The molecule has 0 saturated carbocycles. The van der Waals surface area contributed by atoms with Crippen molar-refractivity contribution in [2.75, 3.05) is 6.54 Å². The van der Waals surface area contributed by atoms with Gasteiger partial charge in [-0.3, -0.25) is 4.79 Å². The summed E-state index contributed by atoms with van der Waals surface area (Å²) in [6.07, 6.45) is 0. The molecule has 2 N–H and O–H groups in total. The van der Waals surface area contributed by atoms with Crippen LogP contribution in [0.15, 0.2) is 24.3 Å². The van der Waals surface area contributed by atoms with E-state index in [4.69, 9.17) is 5.73 Å². The fraction of sp³-hybridized carbons (Fsp3) is 0.533. The summed E-state index contributed by atoms with van der Waals surface area (Å²) >= 11 is 0. The lowest BCUT2D eigenvalue weighted by atomic mass is 10.0. The molecule has 0 aliphatic carbocycles. The SMILES string of the molecule is CCN(Cc1ccccc1C)C(=O)C(N)C(C)C.Cl. The summed E-state index contributed by atoms with van der Waals surface area (Å²) in [5.41, 5.74) is 8.33. The Balaban J connectivity index is 0.00000324. The van der Waals surface area contributed by atoms with Crippen LogP contribution in [0, 0.1) is 12.8 Å². The number of rotatable bonds is 5. The Bertz CT molecular complexity index is 407. The molecule has 0 aromatic heterocycles. The maximum Gasteiger partial charge on any atom is 0.240 e. The van der Waals surface area contributed by atoms with Gasteiger partial charge in [-0.25, -0.2) is 0 Å². The summed E-state index contributed by atoms with van der Waals surface area (Å²) in [4.78, 5) is 14.1. The summed E-state index contributed by atoms with van der Waals surface area (Å²) < 4.78 is 0. The minimum Gasteiger partial charge on any atom is -0.337 e. The third-order valence-electron chi connectivity index (χ3n) is 3.32. The molecule has 1 aromatic carbocycles. The molecule has 0 fully saturated rings. The highest BCUT2D eigenvalue weighted by Crippen LogP contribution is 2.12. The van der Waals surface area contributed by atoms with Gasteiger partial charge in [0.05, 0.1) is 6.04 Å². The molecule has 1 atom stereocenters. The molecule has 1 unspecified atom stereocenters. The standard InChI is InChI=1S/C15H24N2O.ClH/c1-5-17(15(18)14(16)11(2)3)10-13-9-7-6-8-12(13)4;/h6-9,11,14H,5,10,16H2,1-4H3;1H. The van der Waals surface area contributed by atoms with Crippen LogP contribution < -0.4 is 5.73 Å². The van der Waals surface area contributed by atoms with Gasteiger partial charge < -0.3 is 10.6 Å². The zero-order valence-electron chi connectivity index (χ0n) is 12.2. The van der Waals surface area contributed by atoms with Gasteiger partial charge >= 0.3 is 0 Å². The summed E-state index contributed by atoms with van der Waals surface area (Å²) in [6.45, 7) is 9.34. The van der Waals surface area contributed by atoms with Crippen molar-refractivity contribution in [2.45, 2.75) is 40.3 Å². The van der Waals surface area contributed by atoms with E-state index in [0.717, 1.165) is 0 Å². The molecule has 3 nitrogen and oxygen atoms in total. The number of benzene rings is 1. The Labute approximate surface area is 122 Å². The summed E-state index contributed by atoms with van der Waals surface area (Å²) in [5.74, 6) is 0.208. The van der Waals surface area contributed by atoms with E-state index in [2.05, 4.69) is 19.1 Å². The quantitative estimate of drug-likeness (QED) is 0.904. The fourth-order valence-electron chi connectivity index (χ4n) is 1.83. The molecule has 0 spiro atoms. The molecule has 1 rings (SSSR count). The summed E-state index contributed by atoms with van der Waals surface area (Å²) in [5, 5.41) is 0. The molecule has 108 valence electrons. The molecule has 0 aliphatic rings. The van der Waals surface area contributed by atoms with Gasteiger partial charge in [-0.15, -0.1) is 12.4 Å². The van der Waals surface area contributed by atoms with E-state index in [9.17, 15) is 4.79 Å². The van der Waals surface area contributed by atoms with Crippen LogP contribution in [0.3, 0.4) is 0 Å². The number of hydrogen-bond acceptors (Lipinski definition) is 2. The second-order valence-electron chi connectivity index (χ2n) is 5.05. The Kier molecular flexibility index (Phi) is 7.72. The number of carbonyl (C=O) groups excluding carboxylic acids is 1. The second kappa shape index (κ2) is 8.18. The van der Waals surface area contributed by atoms with E-state index in [1.807, 2.05) is 37.8 Å². The Morgan fingerprint density at radius 3 is 2.37 bits per heavy atom. The number of carbonyl (C=O) groups is 1. The third kappa shape index (κ3) is 4.84. The van der Waals surface area contributed by atoms with E-state index < -0.39 is 6.04 Å². The first-order valence-electron chi connectivity index (χ1n) is 6.56. The van der Waals surface area contributed by atoms with Crippen LogP contribution in [0.5, 0.6) is 0 Å². The van der Waals surface area contributed by atoms with Crippen LogP contribution in [0.1, 0.15) is 31.9 Å². The Morgan fingerprint density at radius 1 is 1.32 bits per heavy atom. The van der Waals surface area contributed by atoms with E-state index in [0.29, 0.717) is 13.1 Å². The number of halogens is 1. The van der Waals surface area contributed by atoms with Crippen molar-refractivity contribution in [2.24, 2.45) is 11.7 Å². The van der Waals surface area contributed by atoms with Gasteiger partial charge in [0.15, 0.2) is 0 Å². The maximum atomic E-state index is 12.2. The first-order chi connectivity index (χ1) is 8.47. The van der Waals surface area contributed by atoms with Gasteiger partial charge in [-0.1, -0.05) is 38.1 Å². The number of hydrogen-bond donors (Lipinski definition) is 1. The first-order valence-corrected chi connectivity index (χ1v) is 6.56. The molecule has 1 aromatic rings. The minimum atomic E-state index is -0.408. The lowest BCUT2D eigenvalue weighted by molar-refractivity contribution is -0.134. The average molecular weight is 285 g/mol. The largest absolute Gasteiger partial charge is 0.337 e. The normalized spacial score (nSPS) is 11.9. The average Bonchev–Trinajstić information content (AvgIpc) is 2.36. The summed E-state index contributed by atoms with van der Waals surface area (Å²) in [7, 11) is 0. The van der Waals surface area contributed by atoms with Crippen molar-refractivity contribution in [1.82, 2.24) is 4.90 Å². The van der Waals surface area contributed by atoms with Gasteiger partial charge in [0, 0.05) is 13.1 Å². The van der Waals surface area contributed by atoms with Crippen LogP contribution in [0.2, 0.25) is 0 Å². The molecule has 19 heavy (non-hydrogen) atoms. The highest BCUT2D eigenvalue weighted by atomic mass is 35.5. The zero-order valence-corrected chi connectivity index (χ0v) is 13.0. The molecular formula is C15H25ClN2O. The van der Waals surface area contributed by atoms with Crippen LogP contribution in [0.25, 0.3) is 0 Å². The van der Waals surface area contributed by atoms with Crippen LogP contribution >= 0.6 is 12.4 Å². The van der Waals surface area contributed by atoms with Gasteiger partial charge in [0.1, 0.15) is 0 Å². The molecule has 4 heteroatoms. The smallest absolute Gasteiger partial charge is 0.240 e. The molecule has 0 saturated heterocycles. The lowest BCUT2D eigenvalue weighted by Crippen LogP contribution is -2.46. The molecular weight excluding hydrogens is 260 g/mol. The number of nitrogens with zero attached hydrogens (tertiary/aromatic N) is 1. The predicted molar refractivity (Wildman–Crippen MR) is 82.3 cm³/mol. The molecule has 1 amide bonds. The van der Waals surface area contributed by atoms with Gasteiger partial charge in [0.2, 0.25) is 5.91 Å². The van der Waals surface area contributed by atoms with Crippen LogP contribution in [-0.4, -0.2) is 23.4 Å². The van der Waals surface area contributed by atoms with Gasteiger partial charge in [0.25, 0.3) is 0 Å². The molecule has 0 aliphatic heterocycles. The van der Waals surface area contributed by atoms with Crippen molar-refractivity contribution in [3.05, 3.63) is 35.4 Å². The van der Waals surface area contributed by atoms with Crippen molar-refractivity contribution in [3.63, 3.8) is 0 Å². The highest BCUT2D eigenvalue weighted by molar-refractivity contribution is 5.85. The van der Waals surface area contributed by atoms with Crippen LogP contribution in [-0.2, 0) is 11.3 Å². The number of aryl methyl sites for hydroxylation is 1. The summed E-state index contributed by atoms with van der Waals surface area (Å²) in [6, 6.07) is 7.73. The number of likely N-dealkylation sites (N-methyl/N-ethyl adjacent to an activating group) is 1. The fourth-order valence-corrected chi connectivity index (χ4v) is 1.83. The lowest BCUT2D eigenvalue weighted by Gasteiger charge is -2.26. The van der Waals surface area contributed by atoms with E-state index in [-0.39, 0.29) is 24.2 Å². The molecule has 0 heterocycles. The number of amides is 1. The zero-order chi connectivity index (χ0) is 13.7. The van der Waals surface area contributed by atoms with Crippen molar-refractivity contribution < 1.29 is 4.79 Å². The van der Waals surface area contributed by atoms with Crippen molar-refractivity contribution in [1.29, 1.82) is 0 Å². The van der Waals surface area contributed by atoms with E-state index >= 15 is 0 Å². The van der Waals surface area contributed by atoms with Gasteiger partial charge in [-0.05, 0) is 30.9 Å². The third-order valence-corrected chi connectivity index (χ3v) is 3.32. The Morgan fingerprint density at radius 2 is 1.89 bits per heavy atom. The molecule has 0 bridgehead atoms. The van der Waals surface area contributed by atoms with Crippen LogP contribution in [0.4, 0.5) is 0 Å². The maximum absolute atomic E-state index is 12.2. The Hall–Kier alpha value is -1.06. The van der Waals surface area contributed by atoms with E-state index in [1.54, 1.807) is 0 Å². The topological polar surface area (TPSA) is 46.3 Å². The molecule has 0 radical (unpaired) electrons.